The first kappa shape index (κ1) is 11.2. The Hall–Kier alpha value is -0.610. The molecule has 1 amide bonds. The first-order chi connectivity index (χ1) is 8.60. The summed E-state index contributed by atoms with van der Waals surface area (Å²) in [5.74, 6) is 1.76. The molecule has 2 aliphatic carbocycles. The molecule has 0 aromatic rings. The van der Waals surface area contributed by atoms with Crippen LogP contribution in [-0.2, 0) is 9.53 Å². The number of amides is 1. The SMILES string of the molecule is CC1(C(=O)N2CC3CC4CC3C2C4O)CCCO1. The third-order valence-corrected chi connectivity index (χ3v) is 5.78. The number of ether oxygens (including phenoxy) is 1. The zero-order chi connectivity index (χ0) is 12.5. The van der Waals surface area contributed by atoms with E-state index in [1.165, 1.54) is 0 Å². The van der Waals surface area contributed by atoms with Gasteiger partial charge in [0.25, 0.3) is 5.91 Å². The second-order valence-corrected chi connectivity index (χ2v) is 6.78. The first-order valence-corrected chi connectivity index (χ1v) is 7.23. The lowest BCUT2D eigenvalue weighted by atomic mass is 9.88. The minimum Gasteiger partial charge on any atom is -0.391 e. The normalized spacial score (nSPS) is 53.4. The Bertz CT molecular complexity index is 389. The van der Waals surface area contributed by atoms with Crippen molar-refractivity contribution in [1.82, 2.24) is 4.90 Å². The van der Waals surface area contributed by atoms with Crippen molar-refractivity contribution in [2.24, 2.45) is 17.8 Å². The molecule has 2 saturated carbocycles. The molecule has 2 heterocycles. The standard InChI is InChI=1S/C14H21NO3/c1-14(3-2-4-18-14)13(17)15-7-9-5-8-6-10(9)11(15)12(8)16/h8-12,16H,2-7H2,1H3. The Morgan fingerprint density at radius 3 is 2.89 bits per heavy atom. The maximum absolute atomic E-state index is 12.7. The van der Waals surface area contributed by atoms with Crippen molar-refractivity contribution in [3.63, 3.8) is 0 Å². The van der Waals surface area contributed by atoms with Crippen molar-refractivity contribution in [2.75, 3.05) is 13.2 Å². The van der Waals surface area contributed by atoms with Crippen molar-refractivity contribution in [2.45, 2.75) is 50.4 Å². The fraction of sp³-hybridized carbons (Fsp3) is 0.929. The lowest BCUT2D eigenvalue weighted by Gasteiger charge is -2.34. The first-order valence-electron chi connectivity index (χ1n) is 7.23. The Labute approximate surface area is 107 Å². The van der Waals surface area contributed by atoms with Crippen LogP contribution in [0.4, 0.5) is 0 Å². The van der Waals surface area contributed by atoms with E-state index in [0.29, 0.717) is 24.4 Å². The van der Waals surface area contributed by atoms with Gasteiger partial charge in [-0.1, -0.05) is 0 Å². The average Bonchev–Trinajstić information content (AvgIpc) is 3.02. The number of aliphatic hydroxyl groups excluding tert-OH is 1. The zero-order valence-electron chi connectivity index (χ0n) is 10.8. The highest BCUT2D eigenvalue weighted by Gasteiger charge is 2.61. The molecular weight excluding hydrogens is 230 g/mol. The van der Waals surface area contributed by atoms with Crippen LogP contribution in [-0.4, -0.2) is 46.8 Å². The molecule has 4 nitrogen and oxygen atoms in total. The van der Waals surface area contributed by atoms with Crippen LogP contribution in [0.15, 0.2) is 0 Å². The molecule has 0 spiro atoms. The molecule has 0 aromatic heterocycles. The van der Waals surface area contributed by atoms with Gasteiger partial charge in [-0.25, -0.2) is 0 Å². The van der Waals surface area contributed by atoms with E-state index < -0.39 is 5.60 Å². The highest BCUT2D eigenvalue weighted by atomic mass is 16.5. The van der Waals surface area contributed by atoms with Crippen LogP contribution in [0, 0.1) is 17.8 Å². The lowest BCUT2D eigenvalue weighted by molar-refractivity contribution is -0.153. The van der Waals surface area contributed by atoms with Crippen LogP contribution in [0.5, 0.6) is 0 Å². The maximum Gasteiger partial charge on any atom is 0.254 e. The van der Waals surface area contributed by atoms with Crippen molar-refractivity contribution in [3.8, 4) is 0 Å². The molecule has 0 radical (unpaired) electrons. The summed E-state index contributed by atoms with van der Waals surface area (Å²) in [4.78, 5) is 14.7. The van der Waals surface area contributed by atoms with Gasteiger partial charge in [-0.05, 0) is 50.4 Å². The number of aliphatic hydroxyl groups is 1. The van der Waals surface area contributed by atoms with Gasteiger partial charge in [-0.15, -0.1) is 0 Å². The van der Waals surface area contributed by atoms with E-state index >= 15 is 0 Å². The van der Waals surface area contributed by atoms with E-state index in [1.54, 1.807) is 0 Å². The summed E-state index contributed by atoms with van der Waals surface area (Å²) in [6, 6.07) is 0.0854. The summed E-state index contributed by atoms with van der Waals surface area (Å²) in [7, 11) is 0. The maximum atomic E-state index is 12.7. The molecule has 2 bridgehead atoms. The van der Waals surface area contributed by atoms with E-state index in [-0.39, 0.29) is 18.1 Å². The predicted molar refractivity (Wildman–Crippen MR) is 64.8 cm³/mol. The van der Waals surface area contributed by atoms with Gasteiger partial charge in [0.15, 0.2) is 0 Å². The number of fused-ring (bicyclic) bond motifs is 1. The molecule has 1 N–H and O–H groups in total. The topological polar surface area (TPSA) is 49.8 Å². The van der Waals surface area contributed by atoms with Crippen molar-refractivity contribution in [1.29, 1.82) is 0 Å². The largest absolute Gasteiger partial charge is 0.391 e. The van der Waals surface area contributed by atoms with Crippen LogP contribution in [0.1, 0.15) is 32.6 Å². The molecule has 4 rings (SSSR count). The molecule has 2 aliphatic heterocycles. The second-order valence-electron chi connectivity index (χ2n) is 6.78. The van der Waals surface area contributed by atoms with Crippen molar-refractivity contribution >= 4 is 5.91 Å². The fourth-order valence-corrected chi connectivity index (χ4v) is 4.90. The quantitative estimate of drug-likeness (QED) is 0.749. The third kappa shape index (κ3) is 1.26. The highest BCUT2D eigenvalue weighted by molar-refractivity contribution is 5.86. The molecule has 0 aromatic carbocycles. The van der Waals surface area contributed by atoms with Crippen molar-refractivity contribution < 1.29 is 14.6 Å². The van der Waals surface area contributed by atoms with E-state index in [4.69, 9.17) is 4.74 Å². The predicted octanol–water partition coefficient (Wildman–Crippen LogP) is 0.783. The van der Waals surface area contributed by atoms with Crippen LogP contribution in [0.25, 0.3) is 0 Å². The molecular formula is C14H21NO3. The van der Waals surface area contributed by atoms with Crippen molar-refractivity contribution in [3.05, 3.63) is 0 Å². The minimum atomic E-state index is -0.623. The number of hydrogen-bond acceptors (Lipinski definition) is 3. The van der Waals surface area contributed by atoms with Gasteiger partial charge in [0, 0.05) is 13.2 Å². The van der Waals surface area contributed by atoms with Gasteiger partial charge < -0.3 is 14.7 Å². The fourth-order valence-electron chi connectivity index (χ4n) is 4.90. The van der Waals surface area contributed by atoms with Crippen LogP contribution >= 0.6 is 0 Å². The Balaban J connectivity index is 1.61. The zero-order valence-corrected chi connectivity index (χ0v) is 10.8. The number of hydrogen-bond donors (Lipinski definition) is 1. The molecule has 2 saturated heterocycles. The third-order valence-electron chi connectivity index (χ3n) is 5.78. The van der Waals surface area contributed by atoms with E-state index in [1.807, 2.05) is 11.8 Å². The summed E-state index contributed by atoms with van der Waals surface area (Å²) >= 11 is 0. The molecule has 4 aliphatic rings. The van der Waals surface area contributed by atoms with E-state index in [9.17, 15) is 9.90 Å². The van der Waals surface area contributed by atoms with Gasteiger partial charge in [0.2, 0.25) is 0 Å². The molecule has 6 unspecified atom stereocenters. The van der Waals surface area contributed by atoms with Crippen LogP contribution in [0.3, 0.4) is 0 Å². The summed E-state index contributed by atoms with van der Waals surface area (Å²) < 4.78 is 5.67. The number of nitrogens with zero attached hydrogens (tertiary/aromatic N) is 1. The number of carbonyl (C=O) groups excluding carboxylic acids is 1. The van der Waals surface area contributed by atoms with Crippen LogP contribution in [0.2, 0.25) is 0 Å². The summed E-state index contributed by atoms with van der Waals surface area (Å²) in [5.41, 5.74) is -0.623. The Kier molecular flexibility index (Phi) is 2.17. The van der Waals surface area contributed by atoms with Gasteiger partial charge in [-0.3, -0.25) is 4.79 Å². The Morgan fingerprint density at radius 1 is 1.39 bits per heavy atom. The summed E-state index contributed by atoms with van der Waals surface area (Å²) in [5, 5.41) is 10.3. The lowest BCUT2D eigenvalue weighted by Crippen LogP contribution is -2.52. The molecule has 6 atom stereocenters. The number of likely N-dealkylation sites (tertiary alicyclic amines) is 1. The monoisotopic (exact) mass is 251 g/mol. The molecule has 18 heavy (non-hydrogen) atoms. The molecule has 100 valence electrons. The minimum absolute atomic E-state index is 0.0854. The Morgan fingerprint density at radius 2 is 2.22 bits per heavy atom. The average molecular weight is 251 g/mol. The smallest absolute Gasteiger partial charge is 0.254 e. The highest BCUT2D eigenvalue weighted by Crippen LogP contribution is 2.55. The van der Waals surface area contributed by atoms with E-state index in [2.05, 4.69) is 0 Å². The summed E-state index contributed by atoms with van der Waals surface area (Å²) in [6.45, 7) is 3.46. The van der Waals surface area contributed by atoms with Gasteiger partial charge in [0.1, 0.15) is 5.60 Å². The van der Waals surface area contributed by atoms with Gasteiger partial charge >= 0.3 is 0 Å². The van der Waals surface area contributed by atoms with Gasteiger partial charge in [-0.2, -0.15) is 0 Å². The molecule has 4 fully saturated rings. The second kappa shape index (κ2) is 3.48. The summed E-state index contributed by atoms with van der Waals surface area (Å²) in [6.07, 6.45) is 3.74. The van der Waals surface area contributed by atoms with Gasteiger partial charge in [0.05, 0.1) is 12.1 Å². The van der Waals surface area contributed by atoms with Crippen LogP contribution < -0.4 is 0 Å². The number of carbonyl (C=O) groups is 1. The van der Waals surface area contributed by atoms with E-state index in [0.717, 1.165) is 32.2 Å². The number of rotatable bonds is 1. The molecule has 4 heteroatoms.